The van der Waals surface area contributed by atoms with Crippen LogP contribution >= 0.6 is 15.9 Å². The smallest absolute Gasteiger partial charge is 0.110 e. The first kappa shape index (κ1) is 8.93. The van der Waals surface area contributed by atoms with Crippen molar-refractivity contribution in [3.05, 3.63) is 32.8 Å². The molecule has 1 heterocycles. The summed E-state index contributed by atoms with van der Waals surface area (Å²) in [5.74, 6) is 0. The second kappa shape index (κ2) is 2.83. The van der Waals surface area contributed by atoms with Gasteiger partial charge in [0.05, 0.1) is 6.10 Å². The molecule has 2 aliphatic rings. The molecule has 1 aliphatic heterocycles. The molecule has 1 aliphatic carbocycles. The van der Waals surface area contributed by atoms with Crippen molar-refractivity contribution in [1.29, 1.82) is 0 Å². The zero-order valence-corrected chi connectivity index (χ0v) is 10.0. The number of hydrogen-bond donors (Lipinski definition) is 0. The first-order chi connectivity index (χ1) is 6.68. The van der Waals surface area contributed by atoms with Crippen molar-refractivity contribution in [3.63, 3.8) is 0 Å². The number of ether oxygens (including phenoxy) is 1. The summed E-state index contributed by atoms with van der Waals surface area (Å²) in [7, 11) is 0. The van der Waals surface area contributed by atoms with E-state index in [1.54, 1.807) is 0 Å². The van der Waals surface area contributed by atoms with Crippen LogP contribution in [-0.4, -0.2) is 6.10 Å². The lowest BCUT2D eigenvalue weighted by atomic mass is 9.87. The second-order valence-electron chi connectivity index (χ2n) is 4.33. The molecule has 0 bridgehead atoms. The lowest BCUT2D eigenvalue weighted by Crippen LogP contribution is -2.08. The molecule has 3 rings (SSSR count). The van der Waals surface area contributed by atoms with Gasteiger partial charge in [-0.25, -0.2) is 0 Å². The van der Waals surface area contributed by atoms with Crippen LogP contribution in [-0.2, 0) is 11.2 Å². The standard InChI is InChI=1S/C12H13BrO/c1-6-5-9(13)8-3-4-10-12(14-10)11(8)7(6)2/h5,10,12H,3-4H2,1-2H3. The summed E-state index contributed by atoms with van der Waals surface area (Å²) >= 11 is 3.66. The molecule has 0 aromatic heterocycles. The third kappa shape index (κ3) is 1.10. The number of hydrogen-bond acceptors (Lipinski definition) is 1. The summed E-state index contributed by atoms with van der Waals surface area (Å²) in [6, 6.07) is 2.23. The Kier molecular flexibility index (Phi) is 1.80. The summed E-state index contributed by atoms with van der Waals surface area (Å²) in [6.07, 6.45) is 3.29. The molecule has 1 nitrogen and oxygen atoms in total. The van der Waals surface area contributed by atoms with E-state index < -0.39 is 0 Å². The lowest BCUT2D eigenvalue weighted by Gasteiger charge is -2.18. The third-order valence-corrected chi connectivity index (χ3v) is 4.21. The van der Waals surface area contributed by atoms with Crippen LogP contribution in [0.5, 0.6) is 0 Å². The number of fused-ring (bicyclic) bond motifs is 3. The van der Waals surface area contributed by atoms with Crippen LogP contribution in [0.2, 0.25) is 0 Å². The Labute approximate surface area is 92.6 Å². The minimum Gasteiger partial charge on any atom is -0.364 e. The molecule has 0 amide bonds. The maximum Gasteiger partial charge on any atom is 0.110 e. The topological polar surface area (TPSA) is 12.5 Å². The van der Waals surface area contributed by atoms with E-state index in [1.165, 1.54) is 33.1 Å². The maximum atomic E-state index is 5.67. The molecule has 0 N–H and O–H groups in total. The molecule has 0 saturated carbocycles. The normalized spacial score (nSPS) is 28.2. The van der Waals surface area contributed by atoms with E-state index in [4.69, 9.17) is 4.74 Å². The van der Waals surface area contributed by atoms with Gasteiger partial charge in [-0.15, -0.1) is 0 Å². The van der Waals surface area contributed by atoms with Gasteiger partial charge in [0.25, 0.3) is 0 Å². The molecular formula is C12H13BrO. The van der Waals surface area contributed by atoms with Gasteiger partial charge in [0.2, 0.25) is 0 Å². The summed E-state index contributed by atoms with van der Waals surface area (Å²) in [4.78, 5) is 0. The highest BCUT2D eigenvalue weighted by Gasteiger charge is 2.45. The molecule has 2 heteroatoms. The Morgan fingerprint density at radius 3 is 3.00 bits per heavy atom. The van der Waals surface area contributed by atoms with E-state index in [2.05, 4.69) is 35.8 Å². The second-order valence-corrected chi connectivity index (χ2v) is 5.18. The summed E-state index contributed by atoms with van der Waals surface area (Å²) in [5, 5.41) is 0. The minimum absolute atomic E-state index is 0.412. The maximum absolute atomic E-state index is 5.67. The highest BCUT2D eigenvalue weighted by atomic mass is 79.9. The zero-order chi connectivity index (χ0) is 9.87. The highest BCUT2D eigenvalue weighted by Crippen LogP contribution is 2.50. The van der Waals surface area contributed by atoms with Crippen molar-refractivity contribution in [2.24, 2.45) is 0 Å². The Bertz CT molecular complexity index is 411. The van der Waals surface area contributed by atoms with Gasteiger partial charge in [0.15, 0.2) is 0 Å². The van der Waals surface area contributed by atoms with E-state index in [9.17, 15) is 0 Å². The molecule has 14 heavy (non-hydrogen) atoms. The van der Waals surface area contributed by atoms with Crippen molar-refractivity contribution in [2.45, 2.75) is 38.9 Å². The van der Waals surface area contributed by atoms with Gasteiger partial charge in [0.1, 0.15) is 6.10 Å². The average Bonchev–Trinajstić information content (AvgIpc) is 2.91. The Morgan fingerprint density at radius 2 is 2.21 bits per heavy atom. The third-order valence-electron chi connectivity index (χ3n) is 3.50. The van der Waals surface area contributed by atoms with Gasteiger partial charge in [0, 0.05) is 4.47 Å². The van der Waals surface area contributed by atoms with Crippen LogP contribution in [0.15, 0.2) is 10.5 Å². The van der Waals surface area contributed by atoms with Gasteiger partial charge >= 0.3 is 0 Å². The van der Waals surface area contributed by atoms with Crippen LogP contribution in [0.4, 0.5) is 0 Å². The summed E-state index contributed by atoms with van der Waals surface area (Å²) in [5.41, 5.74) is 5.74. The minimum atomic E-state index is 0.412. The van der Waals surface area contributed by atoms with Crippen molar-refractivity contribution in [2.75, 3.05) is 0 Å². The summed E-state index contributed by atoms with van der Waals surface area (Å²) < 4.78 is 6.94. The molecule has 1 aromatic carbocycles. The molecule has 1 fully saturated rings. The van der Waals surface area contributed by atoms with Gasteiger partial charge < -0.3 is 4.74 Å². The Balaban J connectivity index is 2.26. The first-order valence-electron chi connectivity index (χ1n) is 5.12. The fourth-order valence-electron chi connectivity index (χ4n) is 2.49. The molecule has 2 atom stereocenters. The number of benzene rings is 1. The van der Waals surface area contributed by atoms with Gasteiger partial charge in [-0.05, 0) is 55.0 Å². The van der Waals surface area contributed by atoms with E-state index in [0.717, 1.165) is 6.42 Å². The quantitative estimate of drug-likeness (QED) is 0.645. The SMILES string of the molecule is Cc1cc(Br)c2c(c1C)C1OC1CC2. The van der Waals surface area contributed by atoms with Crippen LogP contribution in [0.3, 0.4) is 0 Å². The van der Waals surface area contributed by atoms with E-state index in [1.807, 2.05) is 0 Å². The van der Waals surface area contributed by atoms with Crippen LogP contribution in [0.1, 0.15) is 34.8 Å². The molecule has 1 saturated heterocycles. The fraction of sp³-hybridized carbons (Fsp3) is 0.500. The number of halogens is 1. The van der Waals surface area contributed by atoms with E-state index in [-0.39, 0.29) is 0 Å². The molecule has 2 unspecified atom stereocenters. The van der Waals surface area contributed by atoms with Gasteiger partial charge in [-0.1, -0.05) is 15.9 Å². The lowest BCUT2D eigenvalue weighted by molar-refractivity contribution is 0.372. The number of epoxide rings is 1. The van der Waals surface area contributed by atoms with Crippen LogP contribution < -0.4 is 0 Å². The van der Waals surface area contributed by atoms with E-state index in [0.29, 0.717) is 12.2 Å². The van der Waals surface area contributed by atoms with Crippen LogP contribution in [0.25, 0.3) is 0 Å². The molecule has 1 aromatic rings. The van der Waals surface area contributed by atoms with Crippen molar-refractivity contribution < 1.29 is 4.74 Å². The zero-order valence-electron chi connectivity index (χ0n) is 8.43. The predicted octanol–water partition coefficient (Wildman–Crippen LogP) is 3.45. The average molecular weight is 253 g/mol. The van der Waals surface area contributed by atoms with Crippen molar-refractivity contribution in [1.82, 2.24) is 0 Å². The molecule has 0 spiro atoms. The number of aryl methyl sites for hydroxylation is 1. The van der Waals surface area contributed by atoms with Crippen LogP contribution in [0, 0.1) is 13.8 Å². The molecule has 0 radical (unpaired) electrons. The largest absolute Gasteiger partial charge is 0.364 e. The Morgan fingerprint density at radius 1 is 1.43 bits per heavy atom. The fourth-order valence-corrected chi connectivity index (χ4v) is 3.25. The highest BCUT2D eigenvalue weighted by molar-refractivity contribution is 9.10. The Hall–Kier alpha value is -0.340. The molecular weight excluding hydrogens is 240 g/mol. The van der Waals surface area contributed by atoms with Gasteiger partial charge in [-0.3, -0.25) is 0 Å². The monoisotopic (exact) mass is 252 g/mol. The van der Waals surface area contributed by atoms with Gasteiger partial charge in [-0.2, -0.15) is 0 Å². The van der Waals surface area contributed by atoms with Crippen molar-refractivity contribution in [3.8, 4) is 0 Å². The predicted molar refractivity (Wildman–Crippen MR) is 59.6 cm³/mol. The molecule has 74 valence electrons. The van der Waals surface area contributed by atoms with Crippen molar-refractivity contribution >= 4 is 15.9 Å². The first-order valence-corrected chi connectivity index (χ1v) is 5.91. The van der Waals surface area contributed by atoms with E-state index >= 15 is 0 Å². The number of rotatable bonds is 0. The summed E-state index contributed by atoms with van der Waals surface area (Å²) in [6.45, 7) is 4.39.